The Bertz CT molecular complexity index is 173. The Morgan fingerprint density at radius 2 is 1.90 bits per heavy atom. The van der Waals surface area contributed by atoms with Crippen molar-refractivity contribution in [3.8, 4) is 11.8 Å². The second kappa shape index (κ2) is 3.41. The molecular formula is C9H14O. The third-order valence-electron chi connectivity index (χ3n) is 1.06. The summed E-state index contributed by atoms with van der Waals surface area (Å²) in [6.45, 7) is 7.56. The molecule has 0 aliphatic carbocycles. The van der Waals surface area contributed by atoms with Gasteiger partial charge in [-0.15, -0.1) is 0 Å². The van der Waals surface area contributed by atoms with Gasteiger partial charge in [-0.25, -0.2) is 0 Å². The van der Waals surface area contributed by atoms with E-state index >= 15 is 0 Å². The number of hydrogen-bond donors (Lipinski definition) is 0. The highest BCUT2D eigenvalue weighted by Crippen LogP contribution is 2.13. The smallest absolute Gasteiger partial charge is 0.210 e. The van der Waals surface area contributed by atoms with E-state index in [2.05, 4.69) is 11.8 Å². The van der Waals surface area contributed by atoms with E-state index in [1.165, 1.54) is 0 Å². The Labute approximate surface area is 62.8 Å². The quantitative estimate of drug-likeness (QED) is 0.369. The lowest BCUT2D eigenvalue weighted by Crippen LogP contribution is -2.17. The molecule has 0 aliphatic heterocycles. The fraction of sp³-hybridized carbons (Fsp3) is 0.667. The van der Waals surface area contributed by atoms with Crippen LogP contribution in [-0.4, -0.2) is 5.78 Å². The van der Waals surface area contributed by atoms with Crippen LogP contribution < -0.4 is 0 Å². The minimum absolute atomic E-state index is 0.0225. The summed E-state index contributed by atoms with van der Waals surface area (Å²) in [6, 6.07) is 0. The van der Waals surface area contributed by atoms with Crippen LogP contribution in [0.15, 0.2) is 0 Å². The van der Waals surface area contributed by atoms with Crippen molar-refractivity contribution in [3.63, 3.8) is 0 Å². The predicted octanol–water partition coefficient (Wildman–Crippen LogP) is 2.01. The summed E-state index contributed by atoms with van der Waals surface area (Å²) in [5.74, 6) is 5.36. The number of ketones is 1. The molecule has 0 aromatic rings. The van der Waals surface area contributed by atoms with Crippen molar-refractivity contribution in [3.05, 3.63) is 0 Å². The fourth-order valence-electron chi connectivity index (χ4n) is 0.356. The van der Waals surface area contributed by atoms with Gasteiger partial charge in [0.2, 0.25) is 5.78 Å². The SMILES string of the molecule is CCC#CC(=O)C(C)(C)C. The predicted molar refractivity (Wildman–Crippen MR) is 42.5 cm³/mol. The normalized spacial score (nSPS) is 10.0. The summed E-state index contributed by atoms with van der Waals surface area (Å²) in [5.41, 5.74) is -0.303. The molecule has 0 aliphatic rings. The van der Waals surface area contributed by atoms with Crippen molar-refractivity contribution >= 4 is 5.78 Å². The van der Waals surface area contributed by atoms with Crippen molar-refractivity contribution in [1.82, 2.24) is 0 Å². The van der Waals surface area contributed by atoms with E-state index in [4.69, 9.17) is 0 Å². The zero-order valence-electron chi connectivity index (χ0n) is 7.12. The average Bonchev–Trinajstić information content (AvgIpc) is 1.80. The first kappa shape index (κ1) is 9.23. The Balaban J connectivity index is 4.12. The fourth-order valence-corrected chi connectivity index (χ4v) is 0.356. The molecule has 0 heterocycles. The van der Waals surface area contributed by atoms with Gasteiger partial charge in [-0.3, -0.25) is 4.79 Å². The largest absolute Gasteiger partial charge is 0.284 e. The molecule has 0 saturated carbocycles. The molecule has 0 aromatic carbocycles. The van der Waals surface area contributed by atoms with E-state index in [-0.39, 0.29) is 11.2 Å². The van der Waals surface area contributed by atoms with Crippen LogP contribution in [0, 0.1) is 17.3 Å². The molecule has 0 amide bonds. The van der Waals surface area contributed by atoms with Gasteiger partial charge in [-0.05, 0) is 5.92 Å². The van der Waals surface area contributed by atoms with Gasteiger partial charge in [0.25, 0.3) is 0 Å². The van der Waals surface area contributed by atoms with E-state index in [0.29, 0.717) is 0 Å². The maximum atomic E-state index is 11.0. The van der Waals surface area contributed by atoms with Gasteiger partial charge in [0.1, 0.15) is 0 Å². The molecule has 0 spiro atoms. The average molecular weight is 138 g/mol. The van der Waals surface area contributed by atoms with E-state index in [1.54, 1.807) is 0 Å². The van der Waals surface area contributed by atoms with Crippen molar-refractivity contribution in [1.29, 1.82) is 0 Å². The third-order valence-corrected chi connectivity index (χ3v) is 1.06. The zero-order chi connectivity index (χ0) is 8.20. The van der Waals surface area contributed by atoms with Gasteiger partial charge >= 0.3 is 0 Å². The molecule has 0 atom stereocenters. The minimum Gasteiger partial charge on any atom is -0.284 e. The summed E-state index contributed by atoms with van der Waals surface area (Å²) in [6.07, 6.45) is 0.752. The van der Waals surface area contributed by atoms with E-state index in [1.807, 2.05) is 27.7 Å². The summed E-state index contributed by atoms with van der Waals surface area (Å²) >= 11 is 0. The van der Waals surface area contributed by atoms with Gasteiger partial charge < -0.3 is 0 Å². The maximum Gasteiger partial charge on any atom is 0.210 e. The van der Waals surface area contributed by atoms with Crippen molar-refractivity contribution in [2.75, 3.05) is 0 Å². The number of carbonyl (C=O) groups is 1. The second-order valence-corrected chi connectivity index (χ2v) is 3.23. The van der Waals surface area contributed by atoms with E-state index in [0.717, 1.165) is 6.42 Å². The van der Waals surface area contributed by atoms with Crippen LogP contribution in [-0.2, 0) is 4.79 Å². The van der Waals surface area contributed by atoms with E-state index < -0.39 is 0 Å². The molecule has 0 saturated heterocycles. The molecular weight excluding hydrogens is 124 g/mol. The van der Waals surface area contributed by atoms with Gasteiger partial charge in [0.05, 0.1) is 0 Å². The molecule has 10 heavy (non-hydrogen) atoms. The molecule has 56 valence electrons. The summed E-state index contributed by atoms with van der Waals surface area (Å²) in [4.78, 5) is 11.0. The number of Topliss-reactive ketones (excluding diaryl/α,β-unsaturated/α-hetero) is 1. The first-order chi connectivity index (χ1) is 4.48. The minimum atomic E-state index is -0.303. The highest BCUT2D eigenvalue weighted by atomic mass is 16.1. The lowest BCUT2D eigenvalue weighted by Gasteiger charge is -2.10. The standard InChI is InChI=1S/C9H14O/c1-5-6-7-8(10)9(2,3)4/h5H2,1-4H3. The monoisotopic (exact) mass is 138 g/mol. The summed E-state index contributed by atoms with van der Waals surface area (Å²) in [5, 5.41) is 0. The van der Waals surface area contributed by atoms with Crippen LogP contribution in [0.2, 0.25) is 0 Å². The van der Waals surface area contributed by atoms with Gasteiger partial charge in [0.15, 0.2) is 0 Å². The highest BCUT2D eigenvalue weighted by molar-refractivity contribution is 5.99. The third kappa shape index (κ3) is 3.29. The van der Waals surface area contributed by atoms with Gasteiger partial charge in [0, 0.05) is 11.8 Å². The molecule has 0 fully saturated rings. The second-order valence-electron chi connectivity index (χ2n) is 3.23. The number of carbonyl (C=O) groups excluding carboxylic acids is 1. The Kier molecular flexibility index (Phi) is 3.15. The number of hydrogen-bond acceptors (Lipinski definition) is 1. The van der Waals surface area contributed by atoms with Gasteiger partial charge in [-0.1, -0.05) is 33.6 Å². The van der Waals surface area contributed by atoms with Crippen LogP contribution in [0.5, 0.6) is 0 Å². The Hall–Kier alpha value is -0.770. The van der Waals surface area contributed by atoms with E-state index in [9.17, 15) is 4.79 Å². The Morgan fingerprint density at radius 1 is 1.40 bits per heavy atom. The molecule has 1 heteroatoms. The summed E-state index contributed by atoms with van der Waals surface area (Å²) in [7, 11) is 0. The highest BCUT2D eigenvalue weighted by Gasteiger charge is 2.18. The topological polar surface area (TPSA) is 17.1 Å². The molecule has 0 unspecified atom stereocenters. The van der Waals surface area contributed by atoms with Gasteiger partial charge in [-0.2, -0.15) is 0 Å². The summed E-state index contributed by atoms with van der Waals surface area (Å²) < 4.78 is 0. The van der Waals surface area contributed by atoms with Crippen LogP contribution in [0.4, 0.5) is 0 Å². The molecule has 0 rings (SSSR count). The van der Waals surface area contributed by atoms with Crippen LogP contribution in [0.1, 0.15) is 34.1 Å². The lowest BCUT2D eigenvalue weighted by molar-refractivity contribution is -0.120. The van der Waals surface area contributed by atoms with Crippen LogP contribution in [0.3, 0.4) is 0 Å². The van der Waals surface area contributed by atoms with Crippen LogP contribution >= 0.6 is 0 Å². The van der Waals surface area contributed by atoms with Crippen molar-refractivity contribution in [2.24, 2.45) is 5.41 Å². The molecule has 0 N–H and O–H groups in total. The first-order valence-corrected chi connectivity index (χ1v) is 3.51. The lowest BCUT2D eigenvalue weighted by atomic mass is 9.91. The number of rotatable bonds is 0. The zero-order valence-corrected chi connectivity index (χ0v) is 7.12. The van der Waals surface area contributed by atoms with Crippen molar-refractivity contribution in [2.45, 2.75) is 34.1 Å². The molecule has 0 aromatic heterocycles. The molecule has 0 bridgehead atoms. The van der Waals surface area contributed by atoms with Crippen LogP contribution in [0.25, 0.3) is 0 Å². The maximum absolute atomic E-state index is 11.0. The first-order valence-electron chi connectivity index (χ1n) is 3.51. The molecule has 1 nitrogen and oxygen atoms in total. The van der Waals surface area contributed by atoms with Crippen molar-refractivity contribution < 1.29 is 4.79 Å². The molecule has 0 radical (unpaired) electrons. The Morgan fingerprint density at radius 3 is 2.20 bits per heavy atom.